The van der Waals surface area contributed by atoms with Gasteiger partial charge in [-0.05, 0) is 51.8 Å². The van der Waals surface area contributed by atoms with Crippen molar-refractivity contribution < 1.29 is 19.7 Å². The summed E-state index contributed by atoms with van der Waals surface area (Å²) in [7, 11) is 1.42. The van der Waals surface area contributed by atoms with Crippen molar-refractivity contribution in [3.63, 3.8) is 0 Å². The van der Waals surface area contributed by atoms with Crippen molar-refractivity contribution in [1.82, 2.24) is 5.43 Å². The number of phenols is 2. The lowest BCUT2D eigenvalue weighted by molar-refractivity contribution is 0.0952. The summed E-state index contributed by atoms with van der Waals surface area (Å²) in [4.78, 5) is 11.9. The molecule has 120 valence electrons. The van der Waals surface area contributed by atoms with E-state index in [4.69, 9.17) is 16.3 Å². The topological polar surface area (TPSA) is 91.2 Å². The lowest BCUT2D eigenvalue weighted by Gasteiger charge is -2.06. The van der Waals surface area contributed by atoms with Crippen molar-refractivity contribution in [1.29, 1.82) is 0 Å². The van der Waals surface area contributed by atoms with E-state index >= 15 is 0 Å². The number of nitrogens with one attached hydrogen (secondary N) is 1. The van der Waals surface area contributed by atoms with Gasteiger partial charge in [0.05, 0.1) is 23.4 Å². The number of ether oxygens (including phenoxy) is 1. The predicted molar refractivity (Wildman–Crippen MR) is 90.5 cm³/mol. The van der Waals surface area contributed by atoms with Gasteiger partial charge in [0.25, 0.3) is 5.91 Å². The molecule has 0 unspecified atom stereocenters. The third-order valence-corrected chi connectivity index (χ3v) is 3.69. The molecule has 0 saturated heterocycles. The van der Waals surface area contributed by atoms with E-state index in [1.54, 1.807) is 12.1 Å². The number of amides is 1. The van der Waals surface area contributed by atoms with Crippen molar-refractivity contribution in [2.75, 3.05) is 7.11 Å². The van der Waals surface area contributed by atoms with Crippen molar-refractivity contribution in [2.24, 2.45) is 5.10 Å². The van der Waals surface area contributed by atoms with Gasteiger partial charge in [-0.15, -0.1) is 0 Å². The maximum absolute atomic E-state index is 11.9. The number of hydrazone groups is 1. The second kappa shape index (κ2) is 7.34. The zero-order valence-corrected chi connectivity index (χ0v) is 14.2. The van der Waals surface area contributed by atoms with Crippen LogP contribution in [0.4, 0.5) is 0 Å². The highest BCUT2D eigenvalue weighted by Gasteiger charge is 2.11. The van der Waals surface area contributed by atoms with Gasteiger partial charge in [0.15, 0.2) is 11.5 Å². The van der Waals surface area contributed by atoms with Crippen LogP contribution in [0, 0.1) is 0 Å². The van der Waals surface area contributed by atoms with E-state index in [2.05, 4.69) is 26.5 Å². The molecule has 2 rings (SSSR count). The predicted octanol–water partition coefficient (Wildman–Crippen LogP) is 3.29. The first-order valence-corrected chi connectivity index (χ1v) is 7.48. The Morgan fingerprint density at radius 1 is 1.35 bits per heavy atom. The second-order valence-corrected chi connectivity index (χ2v) is 5.70. The van der Waals surface area contributed by atoms with Gasteiger partial charge < -0.3 is 14.9 Å². The van der Waals surface area contributed by atoms with E-state index in [-0.39, 0.29) is 22.8 Å². The molecule has 1 amide bonds. The zero-order chi connectivity index (χ0) is 17.0. The number of nitrogens with zero attached hydrogens (tertiary/aromatic N) is 1. The van der Waals surface area contributed by atoms with E-state index in [0.29, 0.717) is 15.1 Å². The van der Waals surface area contributed by atoms with Crippen molar-refractivity contribution in [2.45, 2.75) is 0 Å². The lowest BCUT2D eigenvalue weighted by Crippen LogP contribution is -2.17. The minimum absolute atomic E-state index is 0.0131. The summed E-state index contributed by atoms with van der Waals surface area (Å²) in [6.45, 7) is 0. The highest BCUT2D eigenvalue weighted by atomic mass is 79.9. The maximum atomic E-state index is 11.9. The average Bonchev–Trinajstić information content (AvgIpc) is 2.52. The number of hydrogen-bond acceptors (Lipinski definition) is 5. The molecule has 3 N–H and O–H groups in total. The molecule has 6 nitrogen and oxygen atoms in total. The van der Waals surface area contributed by atoms with Crippen LogP contribution in [-0.2, 0) is 0 Å². The van der Waals surface area contributed by atoms with Crippen molar-refractivity contribution >= 4 is 39.7 Å². The smallest absolute Gasteiger partial charge is 0.275 e. The molecule has 0 heterocycles. The monoisotopic (exact) mass is 398 g/mol. The first-order valence-electron chi connectivity index (χ1n) is 6.30. The van der Waals surface area contributed by atoms with Gasteiger partial charge in [0.1, 0.15) is 5.75 Å². The number of carbonyl (C=O) groups is 1. The highest BCUT2D eigenvalue weighted by Crippen LogP contribution is 2.34. The summed E-state index contributed by atoms with van der Waals surface area (Å²) in [5.41, 5.74) is 2.88. The Labute approximate surface area is 145 Å². The number of aromatic hydroxyl groups is 2. The quantitative estimate of drug-likeness (QED) is 0.543. The lowest BCUT2D eigenvalue weighted by atomic mass is 10.2. The van der Waals surface area contributed by atoms with Gasteiger partial charge in [-0.3, -0.25) is 4.79 Å². The summed E-state index contributed by atoms with van der Waals surface area (Å²) in [5, 5.41) is 23.5. The second-order valence-electron chi connectivity index (χ2n) is 4.41. The molecule has 23 heavy (non-hydrogen) atoms. The first-order chi connectivity index (χ1) is 10.9. The molecule has 0 aromatic heterocycles. The first kappa shape index (κ1) is 17.1. The molecule has 0 radical (unpaired) electrons. The molecule has 0 bridgehead atoms. The maximum Gasteiger partial charge on any atom is 0.275 e. The number of hydrogen-bond donors (Lipinski definition) is 3. The summed E-state index contributed by atoms with van der Waals surface area (Å²) in [6.07, 6.45) is 1.37. The number of benzene rings is 2. The molecule has 2 aromatic rings. The minimum atomic E-state index is -0.606. The Bertz CT molecular complexity index is 780. The van der Waals surface area contributed by atoms with Crippen LogP contribution < -0.4 is 10.2 Å². The van der Waals surface area contributed by atoms with E-state index in [1.165, 1.54) is 31.5 Å². The van der Waals surface area contributed by atoms with E-state index in [1.807, 2.05) is 0 Å². The van der Waals surface area contributed by atoms with Gasteiger partial charge in [0, 0.05) is 5.02 Å². The average molecular weight is 400 g/mol. The molecule has 0 aliphatic rings. The SMILES string of the molecule is COc1cc(/C=N\NC(=O)c2cc(Cl)ccc2O)cc(Br)c1O. The highest BCUT2D eigenvalue weighted by molar-refractivity contribution is 9.10. The Balaban J connectivity index is 2.14. The van der Waals surface area contributed by atoms with Crippen LogP contribution in [0.2, 0.25) is 5.02 Å². The fourth-order valence-corrected chi connectivity index (χ4v) is 2.37. The van der Waals surface area contributed by atoms with Gasteiger partial charge in [-0.2, -0.15) is 5.10 Å². The third kappa shape index (κ3) is 4.14. The van der Waals surface area contributed by atoms with Crippen LogP contribution in [0.5, 0.6) is 17.2 Å². The largest absolute Gasteiger partial charge is 0.507 e. The Morgan fingerprint density at radius 3 is 2.78 bits per heavy atom. The van der Waals surface area contributed by atoms with Crippen LogP contribution >= 0.6 is 27.5 Å². The number of halogens is 2. The van der Waals surface area contributed by atoms with E-state index in [9.17, 15) is 15.0 Å². The molecule has 8 heteroatoms. The van der Waals surface area contributed by atoms with Crippen LogP contribution in [0.3, 0.4) is 0 Å². The molecular formula is C15H12BrClN2O4. The molecule has 0 aliphatic heterocycles. The Kier molecular flexibility index (Phi) is 5.46. The molecule has 0 saturated carbocycles. The van der Waals surface area contributed by atoms with E-state index in [0.717, 1.165) is 0 Å². The summed E-state index contributed by atoms with van der Waals surface area (Å²) < 4.78 is 5.44. The number of rotatable bonds is 4. The standard InChI is InChI=1S/C15H12BrClN2O4/c1-23-13-5-8(4-11(16)14(13)21)7-18-19-15(22)10-6-9(17)2-3-12(10)20/h2-7,20-21H,1H3,(H,19,22)/b18-7-. The number of carbonyl (C=O) groups excluding carboxylic acids is 1. The van der Waals surface area contributed by atoms with Crippen LogP contribution in [0.15, 0.2) is 39.9 Å². The van der Waals surface area contributed by atoms with Gasteiger partial charge in [-0.25, -0.2) is 5.43 Å². The van der Waals surface area contributed by atoms with Crippen molar-refractivity contribution in [3.05, 3.63) is 51.0 Å². The number of methoxy groups -OCH3 is 1. The fourth-order valence-electron chi connectivity index (χ4n) is 1.74. The van der Waals surface area contributed by atoms with Crippen LogP contribution in [0.25, 0.3) is 0 Å². The van der Waals surface area contributed by atoms with Gasteiger partial charge in [-0.1, -0.05) is 11.6 Å². The summed E-state index contributed by atoms with van der Waals surface area (Å²) in [5.74, 6) is -0.570. The Hall–Kier alpha value is -2.25. The molecular weight excluding hydrogens is 388 g/mol. The van der Waals surface area contributed by atoms with E-state index < -0.39 is 5.91 Å². The van der Waals surface area contributed by atoms with Gasteiger partial charge >= 0.3 is 0 Å². The normalized spacial score (nSPS) is 10.7. The number of phenolic OH excluding ortho intramolecular Hbond substituents is 2. The molecule has 0 aliphatic carbocycles. The third-order valence-electron chi connectivity index (χ3n) is 2.85. The molecule has 0 fully saturated rings. The van der Waals surface area contributed by atoms with Gasteiger partial charge in [0.2, 0.25) is 0 Å². The van der Waals surface area contributed by atoms with Crippen LogP contribution in [-0.4, -0.2) is 29.4 Å². The zero-order valence-electron chi connectivity index (χ0n) is 11.9. The molecule has 2 aromatic carbocycles. The van der Waals surface area contributed by atoms with Crippen LogP contribution in [0.1, 0.15) is 15.9 Å². The minimum Gasteiger partial charge on any atom is -0.507 e. The summed E-state index contributed by atoms with van der Waals surface area (Å²) >= 11 is 8.97. The Morgan fingerprint density at radius 2 is 2.09 bits per heavy atom. The summed E-state index contributed by atoms with van der Waals surface area (Å²) in [6, 6.07) is 7.28. The molecule has 0 atom stereocenters. The van der Waals surface area contributed by atoms with Crippen molar-refractivity contribution in [3.8, 4) is 17.2 Å². The fraction of sp³-hybridized carbons (Fsp3) is 0.0667. The molecule has 0 spiro atoms.